The maximum Gasteiger partial charge on any atom is 0.508 e. The average molecular weight is 322 g/mol. The van der Waals surface area contributed by atoms with E-state index in [1.54, 1.807) is 32.9 Å². The first-order valence-corrected chi connectivity index (χ1v) is 7.18. The van der Waals surface area contributed by atoms with E-state index in [0.29, 0.717) is 12.1 Å². The highest BCUT2D eigenvalue weighted by atomic mass is 16.7. The fraction of sp³-hybridized carbons (Fsp3) is 0.500. The second kappa shape index (κ2) is 8.87. The smallest absolute Gasteiger partial charge is 0.459 e. The van der Waals surface area contributed by atoms with Crippen LogP contribution in [0.3, 0.4) is 0 Å². The Hall–Kier alpha value is -2.44. The van der Waals surface area contributed by atoms with Gasteiger partial charge in [0.15, 0.2) is 0 Å². The summed E-state index contributed by atoms with van der Waals surface area (Å²) in [5, 5.41) is 0. The van der Waals surface area contributed by atoms with E-state index in [4.69, 9.17) is 9.47 Å². The predicted molar refractivity (Wildman–Crippen MR) is 82.7 cm³/mol. The van der Waals surface area contributed by atoms with Crippen molar-refractivity contribution in [3.63, 3.8) is 0 Å². The van der Waals surface area contributed by atoms with Crippen LogP contribution in [0.4, 0.5) is 4.79 Å². The zero-order chi connectivity index (χ0) is 17.3. The van der Waals surface area contributed by atoms with Crippen LogP contribution in [0.15, 0.2) is 30.7 Å². The number of hydrogen-bond acceptors (Lipinski definition) is 7. The maximum absolute atomic E-state index is 12.3. The van der Waals surface area contributed by atoms with Gasteiger partial charge in [-0.25, -0.2) is 4.79 Å². The van der Waals surface area contributed by atoms with Crippen LogP contribution < -0.4 is 0 Å². The van der Waals surface area contributed by atoms with Gasteiger partial charge in [-0.05, 0) is 27.2 Å². The number of carbonyl (C=O) groups excluding carboxylic acids is 2. The van der Waals surface area contributed by atoms with E-state index in [1.807, 2.05) is 0 Å². The van der Waals surface area contributed by atoms with Crippen molar-refractivity contribution in [2.75, 3.05) is 13.7 Å². The van der Waals surface area contributed by atoms with Crippen LogP contribution in [0.5, 0.6) is 0 Å². The summed E-state index contributed by atoms with van der Waals surface area (Å²) in [4.78, 5) is 31.3. The van der Waals surface area contributed by atoms with Gasteiger partial charge in [-0.15, -0.1) is 0 Å². The fourth-order valence-electron chi connectivity index (χ4n) is 1.68. The van der Waals surface area contributed by atoms with E-state index in [1.165, 1.54) is 25.7 Å². The van der Waals surface area contributed by atoms with Crippen LogP contribution in [0.1, 0.15) is 38.8 Å². The van der Waals surface area contributed by atoms with Crippen LogP contribution in [0, 0.1) is 0 Å². The zero-order valence-electron chi connectivity index (χ0n) is 13.8. The summed E-state index contributed by atoms with van der Waals surface area (Å²) in [6, 6.07) is 0. The fourth-order valence-corrected chi connectivity index (χ4v) is 1.68. The third kappa shape index (κ3) is 7.39. The number of allylic oxidation sites excluding steroid dienone is 1. The summed E-state index contributed by atoms with van der Waals surface area (Å²) in [7, 11) is 1.23. The van der Waals surface area contributed by atoms with Crippen molar-refractivity contribution >= 4 is 12.1 Å². The largest absolute Gasteiger partial charge is 0.508 e. The first-order chi connectivity index (χ1) is 10.8. The number of hydrogen-bond donors (Lipinski definition) is 0. The molecule has 1 aromatic heterocycles. The normalized spacial score (nSPS) is 12.7. The molecular formula is C16H22N2O5. The molecule has 1 atom stereocenters. The van der Waals surface area contributed by atoms with Gasteiger partial charge in [0.05, 0.1) is 12.8 Å². The van der Waals surface area contributed by atoms with Crippen LogP contribution in [0.2, 0.25) is 0 Å². The molecule has 1 aromatic rings. The topological polar surface area (TPSA) is 87.6 Å². The molecule has 0 fully saturated rings. The average Bonchev–Trinajstić information content (AvgIpc) is 2.49. The molecule has 0 spiro atoms. The molecule has 0 aliphatic carbocycles. The van der Waals surface area contributed by atoms with E-state index in [9.17, 15) is 9.59 Å². The highest BCUT2D eigenvalue weighted by Crippen LogP contribution is 2.22. The molecule has 23 heavy (non-hydrogen) atoms. The molecule has 0 N–H and O–H groups in total. The minimum absolute atomic E-state index is 0.0637. The summed E-state index contributed by atoms with van der Waals surface area (Å²) in [6.45, 7) is 5.48. The van der Waals surface area contributed by atoms with Gasteiger partial charge in [0.1, 0.15) is 18.1 Å². The Kier molecular flexibility index (Phi) is 7.18. The van der Waals surface area contributed by atoms with Gasteiger partial charge in [-0.2, -0.15) is 0 Å². The minimum Gasteiger partial charge on any atom is -0.459 e. The highest BCUT2D eigenvalue weighted by Gasteiger charge is 2.26. The van der Waals surface area contributed by atoms with Crippen LogP contribution in [-0.2, 0) is 19.0 Å². The summed E-state index contributed by atoms with van der Waals surface area (Å²) in [6.07, 6.45) is 7.56. The zero-order valence-corrected chi connectivity index (χ0v) is 13.8. The SMILES string of the molecule is COC(=O)OC/C=C/CC(C(=O)OC(C)(C)C)c1cnccn1. The lowest BCUT2D eigenvalue weighted by atomic mass is 10.0. The number of esters is 1. The molecule has 0 radical (unpaired) electrons. The molecule has 126 valence electrons. The number of nitrogens with zero attached hydrogens (tertiary/aromatic N) is 2. The molecule has 0 saturated heterocycles. The molecule has 0 bridgehead atoms. The van der Waals surface area contributed by atoms with Gasteiger partial charge in [0.2, 0.25) is 0 Å². The van der Waals surface area contributed by atoms with Crippen LogP contribution >= 0.6 is 0 Å². The molecule has 0 aliphatic heterocycles. The summed E-state index contributed by atoms with van der Waals surface area (Å²) < 4.78 is 14.5. The first-order valence-electron chi connectivity index (χ1n) is 7.18. The monoisotopic (exact) mass is 322 g/mol. The number of rotatable bonds is 6. The molecular weight excluding hydrogens is 300 g/mol. The molecule has 0 amide bonds. The molecule has 1 heterocycles. The van der Waals surface area contributed by atoms with E-state index < -0.39 is 17.7 Å². The Labute approximate surface area is 135 Å². The molecule has 1 unspecified atom stereocenters. The second-order valence-corrected chi connectivity index (χ2v) is 5.69. The second-order valence-electron chi connectivity index (χ2n) is 5.69. The molecule has 7 nitrogen and oxygen atoms in total. The van der Waals surface area contributed by atoms with Crippen LogP contribution in [0.25, 0.3) is 0 Å². The van der Waals surface area contributed by atoms with Gasteiger partial charge in [0.25, 0.3) is 0 Å². The Bertz CT molecular complexity index is 537. The number of carbonyl (C=O) groups is 2. The van der Waals surface area contributed by atoms with Crippen molar-refractivity contribution in [3.8, 4) is 0 Å². The summed E-state index contributed by atoms with van der Waals surface area (Å²) in [5.41, 5.74) is -0.0600. The van der Waals surface area contributed by atoms with Crippen molar-refractivity contribution in [3.05, 3.63) is 36.4 Å². The van der Waals surface area contributed by atoms with Gasteiger partial charge in [-0.3, -0.25) is 14.8 Å². The Morgan fingerprint density at radius 3 is 2.57 bits per heavy atom. The Morgan fingerprint density at radius 2 is 2.00 bits per heavy atom. The third-order valence-electron chi connectivity index (χ3n) is 2.63. The number of ether oxygens (including phenoxy) is 3. The summed E-state index contributed by atoms with van der Waals surface area (Å²) in [5.74, 6) is -0.950. The standard InChI is InChI=1S/C16H22N2O5/c1-16(2,3)23-14(19)12(13-11-17-8-9-18-13)7-5-6-10-22-15(20)21-4/h5-6,8-9,11-12H,7,10H2,1-4H3/b6-5+. The van der Waals surface area contributed by atoms with Gasteiger partial charge < -0.3 is 14.2 Å². The van der Waals surface area contributed by atoms with Crippen molar-refractivity contribution in [2.45, 2.75) is 38.7 Å². The van der Waals surface area contributed by atoms with Crippen molar-refractivity contribution in [2.24, 2.45) is 0 Å². The minimum atomic E-state index is -0.757. The van der Waals surface area contributed by atoms with Gasteiger partial charge in [-0.1, -0.05) is 12.2 Å². The highest BCUT2D eigenvalue weighted by molar-refractivity contribution is 5.78. The Balaban J connectivity index is 2.71. The maximum atomic E-state index is 12.3. The lowest BCUT2D eigenvalue weighted by Gasteiger charge is -2.23. The van der Waals surface area contributed by atoms with Crippen LogP contribution in [-0.4, -0.2) is 41.4 Å². The lowest BCUT2D eigenvalue weighted by Crippen LogP contribution is -2.28. The van der Waals surface area contributed by atoms with E-state index in [-0.39, 0.29) is 12.6 Å². The Morgan fingerprint density at radius 1 is 1.26 bits per heavy atom. The molecule has 7 heteroatoms. The quantitative estimate of drug-likeness (QED) is 0.587. The molecule has 0 aromatic carbocycles. The van der Waals surface area contributed by atoms with E-state index in [0.717, 1.165) is 0 Å². The molecule has 0 aliphatic rings. The van der Waals surface area contributed by atoms with Gasteiger partial charge in [0, 0.05) is 18.6 Å². The first kappa shape index (κ1) is 18.6. The summed E-state index contributed by atoms with van der Waals surface area (Å²) >= 11 is 0. The number of aromatic nitrogens is 2. The van der Waals surface area contributed by atoms with E-state index >= 15 is 0 Å². The third-order valence-corrected chi connectivity index (χ3v) is 2.63. The van der Waals surface area contributed by atoms with Gasteiger partial charge >= 0.3 is 12.1 Å². The lowest BCUT2D eigenvalue weighted by molar-refractivity contribution is -0.156. The number of methoxy groups -OCH3 is 1. The van der Waals surface area contributed by atoms with Crippen molar-refractivity contribution < 1.29 is 23.8 Å². The van der Waals surface area contributed by atoms with Crippen molar-refractivity contribution in [1.82, 2.24) is 9.97 Å². The molecule has 0 saturated carbocycles. The molecule has 1 rings (SSSR count). The van der Waals surface area contributed by atoms with E-state index in [2.05, 4.69) is 14.7 Å². The predicted octanol–water partition coefficient (Wildman–Crippen LogP) is 2.63. The van der Waals surface area contributed by atoms with Crippen molar-refractivity contribution in [1.29, 1.82) is 0 Å².